The molecule has 0 unspecified atom stereocenters. The van der Waals surface area contributed by atoms with E-state index in [0.717, 1.165) is 66.5 Å². The van der Waals surface area contributed by atoms with Crippen LogP contribution in [0, 0.1) is 0 Å². The molecule has 5 nitrogen and oxygen atoms in total. The van der Waals surface area contributed by atoms with E-state index in [1.807, 2.05) is 54.6 Å². The molecular weight excluding hydrogens is 613 g/mol. The van der Waals surface area contributed by atoms with Gasteiger partial charge in [0.05, 0.1) is 16.7 Å². The molecule has 234 valence electrons. The molecule has 7 aromatic carbocycles. The highest BCUT2D eigenvalue weighted by Crippen LogP contribution is 2.40. The number of hydrogen-bond donors (Lipinski definition) is 0. The lowest BCUT2D eigenvalue weighted by atomic mass is 10.0. The Morgan fingerprint density at radius 1 is 0.380 bits per heavy atom. The van der Waals surface area contributed by atoms with Crippen LogP contribution >= 0.6 is 0 Å². The van der Waals surface area contributed by atoms with Gasteiger partial charge in [0.2, 0.25) is 0 Å². The zero-order valence-electron chi connectivity index (χ0n) is 26.9. The van der Waals surface area contributed by atoms with E-state index in [1.54, 1.807) is 0 Å². The Kier molecular flexibility index (Phi) is 6.42. The topological polar surface area (TPSA) is 56.7 Å². The lowest BCUT2D eigenvalue weighted by Gasteiger charge is -2.13. The summed E-state index contributed by atoms with van der Waals surface area (Å²) in [7, 11) is 0. The maximum atomic E-state index is 6.59. The van der Waals surface area contributed by atoms with Crippen LogP contribution in [0.4, 0.5) is 0 Å². The summed E-state index contributed by atoms with van der Waals surface area (Å²) < 4.78 is 8.90. The van der Waals surface area contributed by atoms with Crippen LogP contribution in [0.3, 0.4) is 0 Å². The number of furan rings is 1. The van der Waals surface area contributed by atoms with Gasteiger partial charge in [-0.15, -0.1) is 0 Å². The summed E-state index contributed by atoms with van der Waals surface area (Å²) in [6.07, 6.45) is 0. The minimum absolute atomic E-state index is 0.582. The van der Waals surface area contributed by atoms with Crippen LogP contribution in [0.2, 0.25) is 0 Å². The van der Waals surface area contributed by atoms with Crippen LogP contribution in [-0.4, -0.2) is 19.5 Å². The highest BCUT2D eigenvalue weighted by Gasteiger charge is 2.21. The van der Waals surface area contributed by atoms with Crippen LogP contribution in [0.25, 0.3) is 94.7 Å². The number of hydrogen-bond acceptors (Lipinski definition) is 4. The lowest BCUT2D eigenvalue weighted by Crippen LogP contribution is -2.02. The Morgan fingerprint density at radius 3 is 1.64 bits per heavy atom. The summed E-state index contributed by atoms with van der Waals surface area (Å²) in [4.78, 5) is 15.5. The molecular formula is C45H28N4O. The third-order valence-electron chi connectivity index (χ3n) is 9.44. The van der Waals surface area contributed by atoms with Gasteiger partial charge in [0.1, 0.15) is 11.2 Å². The van der Waals surface area contributed by atoms with Crippen molar-refractivity contribution < 1.29 is 4.42 Å². The molecule has 50 heavy (non-hydrogen) atoms. The molecule has 10 rings (SSSR count). The first-order valence-corrected chi connectivity index (χ1v) is 16.7. The predicted molar refractivity (Wildman–Crippen MR) is 203 cm³/mol. The van der Waals surface area contributed by atoms with Crippen LogP contribution in [0.15, 0.2) is 174 Å². The Hall–Kier alpha value is -6.85. The number of rotatable bonds is 5. The zero-order chi connectivity index (χ0) is 33.0. The monoisotopic (exact) mass is 640 g/mol. The van der Waals surface area contributed by atoms with Crippen molar-refractivity contribution in [3.05, 3.63) is 170 Å². The predicted octanol–water partition coefficient (Wildman–Crippen LogP) is 11.5. The third-order valence-corrected chi connectivity index (χ3v) is 9.44. The van der Waals surface area contributed by atoms with E-state index >= 15 is 0 Å². The van der Waals surface area contributed by atoms with Gasteiger partial charge in [0.25, 0.3) is 0 Å². The van der Waals surface area contributed by atoms with Crippen LogP contribution < -0.4 is 0 Å². The molecule has 0 amide bonds. The maximum absolute atomic E-state index is 6.59. The quantitative estimate of drug-likeness (QED) is 0.188. The summed E-state index contributed by atoms with van der Waals surface area (Å²) in [6.45, 7) is 0. The smallest absolute Gasteiger partial charge is 0.164 e. The van der Waals surface area contributed by atoms with Gasteiger partial charge in [-0.2, -0.15) is 0 Å². The van der Waals surface area contributed by atoms with Crippen molar-refractivity contribution in [3.8, 4) is 51.0 Å². The summed E-state index contributed by atoms with van der Waals surface area (Å²) in [5.74, 6) is 1.80. The van der Waals surface area contributed by atoms with Gasteiger partial charge in [-0.05, 0) is 41.5 Å². The molecule has 0 N–H and O–H groups in total. The number of nitrogens with zero attached hydrogens (tertiary/aromatic N) is 4. The summed E-state index contributed by atoms with van der Waals surface area (Å²) >= 11 is 0. The average molecular weight is 641 g/mol. The first-order valence-electron chi connectivity index (χ1n) is 16.7. The second kappa shape index (κ2) is 11.4. The zero-order valence-corrected chi connectivity index (χ0v) is 26.9. The van der Waals surface area contributed by atoms with E-state index < -0.39 is 0 Å². The molecule has 10 aromatic rings. The molecule has 0 bridgehead atoms. The van der Waals surface area contributed by atoms with Gasteiger partial charge in [-0.25, -0.2) is 15.0 Å². The molecule has 0 saturated carbocycles. The molecule has 3 heterocycles. The number of aromatic nitrogens is 4. The highest BCUT2D eigenvalue weighted by atomic mass is 16.3. The first kappa shape index (κ1) is 28.2. The molecule has 0 spiro atoms. The van der Waals surface area contributed by atoms with Crippen LogP contribution in [0.1, 0.15) is 0 Å². The van der Waals surface area contributed by atoms with Gasteiger partial charge >= 0.3 is 0 Å². The van der Waals surface area contributed by atoms with Gasteiger partial charge < -0.3 is 8.98 Å². The van der Waals surface area contributed by atoms with Gasteiger partial charge in [0.15, 0.2) is 17.5 Å². The SMILES string of the molecule is c1ccc(-c2cccc(-c3nc(-c4ccccc4)nc(-c4cc(-n5c6ccccc6c6ccccc65)cc5oc6ccccc6c45)n3)c2)cc1. The molecule has 0 fully saturated rings. The Bertz CT molecular complexity index is 2820. The van der Waals surface area contributed by atoms with E-state index in [2.05, 4.69) is 120 Å². The van der Waals surface area contributed by atoms with E-state index in [1.165, 1.54) is 10.8 Å². The number of fused-ring (bicyclic) bond motifs is 6. The number of benzene rings is 7. The largest absolute Gasteiger partial charge is 0.456 e. The highest BCUT2D eigenvalue weighted by molar-refractivity contribution is 6.14. The summed E-state index contributed by atoms with van der Waals surface area (Å²) in [5.41, 5.74) is 9.75. The molecule has 3 aromatic heterocycles. The van der Waals surface area contributed by atoms with E-state index in [4.69, 9.17) is 19.4 Å². The lowest BCUT2D eigenvalue weighted by molar-refractivity contribution is 0.668. The van der Waals surface area contributed by atoms with Crippen LogP contribution in [-0.2, 0) is 0 Å². The number of para-hydroxylation sites is 3. The second-order valence-corrected chi connectivity index (χ2v) is 12.5. The van der Waals surface area contributed by atoms with E-state index in [0.29, 0.717) is 17.5 Å². The van der Waals surface area contributed by atoms with Crippen molar-refractivity contribution in [3.63, 3.8) is 0 Å². The minimum atomic E-state index is 0.582. The van der Waals surface area contributed by atoms with Crippen molar-refractivity contribution in [2.45, 2.75) is 0 Å². The van der Waals surface area contributed by atoms with Crippen molar-refractivity contribution >= 4 is 43.7 Å². The Labute approximate surface area is 287 Å². The van der Waals surface area contributed by atoms with Gasteiger partial charge in [0, 0.05) is 44.3 Å². The average Bonchev–Trinajstić information content (AvgIpc) is 3.74. The minimum Gasteiger partial charge on any atom is -0.456 e. The Balaban J connectivity index is 1.27. The molecule has 0 radical (unpaired) electrons. The molecule has 0 atom stereocenters. The fraction of sp³-hybridized carbons (Fsp3) is 0. The fourth-order valence-electron chi connectivity index (χ4n) is 7.16. The molecule has 0 aliphatic heterocycles. The van der Waals surface area contributed by atoms with E-state index in [9.17, 15) is 0 Å². The summed E-state index contributed by atoms with van der Waals surface area (Å²) in [5, 5.41) is 4.38. The van der Waals surface area contributed by atoms with E-state index in [-0.39, 0.29) is 0 Å². The third kappa shape index (κ3) is 4.60. The maximum Gasteiger partial charge on any atom is 0.164 e. The van der Waals surface area contributed by atoms with Crippen molar-refractivity contribution in [2.75, 3.05) is 0 Å². The molecule has 0 saturated heterocycles. The van der Waals surface area contributed by atoms with Gasteiger partial charge in [-0.1, -0.05) is 133 Å². The first-order chi connectivity index (χ1) is 24.8. The fourth-order valence-corrected chi connectivity index (χ4v) is 7.16. The molecule has 0 aliphatic carbocycles. The Morgan fingerprint density at radius 2 is 0.920 bits per heavy atom. The normalized spacial score (nSPS) is 11.6. The molecule has 5 heteroatoms. The summed E-state index contributed by atoms with van der Waals surface area (Å²) in [6, 6.07) is 58.5. The van der Waals surface area contributed by atoms with Gasteiger partial charge in [-0.3, -0.25) is 0 Å². The van der Waals surface area contributed by atoms with Crippen molar-refractivity contribution in [1.29, 1.82) is 0 Å². The standard InChI is InChI=1S/C45H28N4O/c1-3-14-29(15-4-1)31-18-13-19-32(26-31)44-46-43(30-16-5-2-6-17-30)47-45(48-44)37-27-33(28-41-42(37)36-22-9-12-25-40(36)50-41)49-38-23-10-7-20-34(38)35-21-8-11-24-39(35)49/h1-28H. The second-order valence-electron chi connectivity index (χ2n) is 12.5. The van der Waals surface area contributed by atoms with Crippen molar-refractivity contribution in [2.24, 2.45) is 0 Å². The van der Waals surface area contributed by atoms with Crippen molar-refractivity contribution in [1.82, 2.24) is 19.5 Å². The van der Waals surface area contributed by atoms with Crippen LogP contribution in [0.5, 0.6) is 0 Å². The molecule has 0 aliphatic rings.